The number of hydrogen-bond acceptors (Lipinski definition) is 5. The maximum absolute atomic E-state index is 15.0. The molecule has 7 nitrogen and oxygen atoms in total. The number of fused-ring (bicyclic) bond motifs is 2. The van der Waals surface area contributed by atoms with Crippen LogP contribution < -0.4 is 14.8 Å². The van der Waals surface area contributed by atoms with Crippen LogP contribution in [-0.2, 0) is 11.3 Å². The van der Waals surface area contributed by atoms with Crippen molar-refractivity contribution in [2.45, 2.75) is 41.2 Å². The Morgan fingerprint density at radius 2 is 2.07 bits per heavy atom. The lowest BCUT2D eigenvalue weighted by atomic mass is 9.96. The van der Waals surface area contributed by atoms with Crippen LogP contribution in [0.5, 0.6) is 11.5 Å². The summed E-state index contributed by atoms with van der Waals surface area (Å²) in [5.74, 6) is 0.588. The number of benzene rings is 1. The Hall–Kier alpha value is -3.16. The molecular formula is C22H25FN4O3. The average molecular weight is 412 g/mol. The van der Waals surface area contributed by atoms with Gasteiger partial charge in [-0.1, -0.05) is 34.6 Å². The molecule has 1 N–H and O–H groups in total. The zero-order valence-electron chi connectivity index (χ0n) is 17.7. The lowest BCUT2D eigenvalue weighted by molar-refractivity contribution is -0.123. The van der Waals surface area contributed by atoms with E-state index in [9.17, 15) is 9.18 Å². The van der Waals surface area contributed by atoms with Crippen LogP contribution in [0, 0.1) is 17.2 Å². The number of nitrogens with zero attached hydrogens (tertiary/aromatic N) is 3. The highest BCUT2D eigenvalue weighted by Gasteiger charge is 2.25. The standard InChI is InChI=1S/C22H25FN4O3/c1-12(2)10-27-20-15(19(26-27)25-21(28)22(3,4)5)8-13(9-24-20)14-6-7-16-18(17(14)23)30-11-29-16/h6-9,12H,10-11H2,1-5H3,(H,25,26,28). The summed E-state index contributed by atoms with van der Waals surface area (Å²) >= 11 is 0. The number of pyridine rings is 1. The van der Waals surface area contributed by atoms with E-state index >= 15 is 0 Å². The minimum absolute atomic E-state index is 0.00204. The molecule has 30 heavy (non-hydrogen) atoms. The van der Waals surface area contributed by atoms with E-state index in [4.69, 9.17) is 9.47 Å². The lowest BCUT2D eigenvalue weighted by Crippen LogP contribution is -2.28. The summed E-state index contributed by atoms with van der Waals surface area (Å²) in [6, 6.07) is 5.11. The van der Waals surface area contributed by atoms with E-state index in [0.717, 1.165) is 0 Å². The monoisotopic (exact) mass is 412 g/mol. The fourth-order valence-electron chi connectivity index (χ4n) is 3.23. The highest BCUT2D eigenvalue weighted by Crippen LogP contribution is 2.40. The number of amides is 1. The molecule has 0 unspecified atom stereocenters. The molecule has 0 fully saturated rings. The molecule has 4 rings (SSSR count). The second kappa shape index (κ2) is 7.27. The van der Waals surface area contributed by atoms with Gasteiger partial charge in [-0.2, -0.15) is 5.10 Å². The van der Waals surface area contributed by atoms with Crippen LogP contribution in [0.4, 0.5) is 10.2 Å². The predicted molar refractivity (Wildman–Crippen MR) is 112 cm³/mol. The first-order chi connectivity index (χ1) is 14.1. The van der Waals surface area contributed by atoms with Crippen LogP contribution in [0.3, 0.4) is 0 Å². The molecule has 158 valence electrons. The molecule has 1 aliphatic heterocycles. The molecule has 0 saturated heterocycles. The fourth-order valence-corrected chi connectivity index (χ4v) is 3.23. The molecule has 0 saturated carbocycles. The molecule has 8 heteroatoms. The zero-order valence-corrected chi connectivity index (χ0v) is 17.7. The van der Waals surface area contributed by atoms with Gasteiger partial charge in [-0.15, -0.1) is 0 Å². The summed E-state index contributed by atoms with van der Waals surface area (Å²) in [6.07, 6.45) is 1.61. The van der Waals surface area contributed by atoms with Crippen molar-refractivity contribution in [1.29, 1.82) is 0 Å². The van der Waals surface area contributed by atoms with Gasteiger partial charge in [-0.25, -0.2) is 14.1 Å². The van der Waals surface area contributed by atoms with E-state index < -0.39 is 11.2 Å². The smallest absolute Gasteiger partial charge is 0.231 e. The molecule has 3 aromatic rings. The Morgan fingerprint density at radius 3 is 2.77 bits per heavy atom. The predicted octanol–water partition coefficient (Wildman–Crippen LogP) is 4.61. The second-order valence-corrected chi connectivity index (χ2v) is 8.88. The summed E-state index contributed by atoms with van der Waals surface area (Å²) in [4.78, 5) is 17.1. The van der Waals surface area contributed by atoms with Crippen molar-refractivity contribution in [2.75, 3.05) is 12.1 Å². The van der Waals surface area contributed by atoms with E-state index in [-0.39, 0.29) is 18.4 Å². The molecule has 1 amide bonds. The first-order valence-corrected chi connectivity index (χ1v) is 9.91. The van der Waals surface area contributed by atoms with Crippen LogP contribution in [0.15, 0.2) is 24.4 Å². The minimum Gasteiger partial charge on any atom is -0.453 e. The largest absolute Gasteiger partial charge is 0.453 e. The maximum Gasteiger partial charge on any atom is 0.231 e. The molecule has 1 aromatic carbocycles. The second-order valence-electron chi connectivity index (χ2n) is 8.88. The molecule has 0 spiro atoms. The van der Waals surface area contributed by atoms with Gasteiger partial charge in [0.2, 0.25) is 18.4 Å². The van der Waals surface area contributed by atoms with Crippen molar-refractivity contribution in [1.82, 2.24) is 14.8 Å². The van der Waals surface area contributed by atoms with Crippen LogP contribution in [0.1, 0.15) is 34.6 Å². The molecule has 0 radical (unpaired) electrons. The lowest BCUT2D eigenvalue weighted by Gasteiger charge is -2.16. The Bertz CT molecular complexity index is 1130. The third-order valence-electron chi connectivity index (χ3n) is 4.83. The minimum atomic E-state index is -0.581. The number of halogens is 1. The van der Waals surface area contributed by atoms with Gasteiger partial charge in [0.25, 0.3) is 0 Å². The van der Waals surface area contributed by atoms with Crippen molar-refractivity contribution in [2.24, 2.45) is 11.3 Å². The van der Waals surface area contributed by atoms with Crippen LogP contribution in [-0.4, -0.2) is 27.5 Å². The maximum atomic E-state index is 15.0. The number of hydrogen-bond donors (Lipinski definition) is 1. The number of ether oxygens (including phenoxy) is 2. The van der Waals surface area contributed by atoms with Gasteiger partial charge in [0.05, 0.1) is 5.39 Å². The molecule has 0 aliphatic carbocycles. The number of rotatable bonds is 4. The normalized spacial score (nSPS) is 13.3. The van der Waals surface area contributed by atoms with E-state index in [0.29, 0.717) is 46.2 Å². The highest BCUT2D eigenvalue weighted by molar-refractivity contribution is 6.01. The molecule has 3 heterocycles. The Kier molecular flexibility index (Phi) is 4.88. The van der Waals surface area contributed by atoms with Crippen LogP contribution in [0.2, 0.25) is 0 Å². The number of anilines is 1. The molecule has 0 atom stereocenters. The number of nitrogens with one attached hydrogen (secondary N) is 1. The van der Waals surface area contributed by atoms with Gasteiger partial charge in [-0.05, 0) is 24.1 Å². The van der Waals surface area contributed by atoms with E-state index in [2.05, 4.69) is 29.2 Å². The summed E-state index contributed by atoms with van der Waals surface area (Å²) in [7, 11) is 0. The Morgan fingerprint density at radius 1 is 1.30 bits per heavy atom. The summed E-state index contributed by atoms with van der Waals surface area (Å²) in [5.41, 5.74) is 0.965. The van der Waals surface area contributed by atoms with E-state index in [1.54, 1.807) is 29.1 Å². The van der Waals surface area contributed by atoms with Crippen molar-refractivity contribution >= 4 is 22.8 Å². The molecule has 1 aliphatic rings. The van der Waals surface area contributed by atoms with Crippen molar-refractivity contribution < 1.29 is 18.7 Å². The molecular weight excluding hydrogens is 387 g/mol. The van der Waals surface area contributed by atoms with Gasteiger partial charge in [0.1, 0.15) is 0 Å². The number of carbonyl (C=O) groups excluding carboxylic acids is 1. The van der Waals surface area contributed by atoms with E-state index in [1.807, 2.05) is 20.8 Å². The van der Waals surface area contributed by atoms with Gasteiger partial charge >= 0.3 is 0 Å². The summed E-state index contributed by atoms with van der Waals surface area (Å²) in [6.45, 7) is 10.3. The van der Waals surface area contributed by atoms with Crippen LogP contribution in [0.25, 0.3) is 22.2 Å². The topological polar surface area (TPSA) is 78.3 Å². The van der Waals surface area contributed by atoms with Crippen molar-refractivity contribution in [3.05, 3.63) is 30.2 Å². The van der Waals surface area contributed by atoms with Gasteiger partial charge in [-0.3, -0.25) is 4.79 Å². The Labute approximate surface area is 174 Å². The van der Waals surface area contributed by atoms with Gasteiger partial charge in [0, 0.05) is 29.3 Å². The first kappa shape index (κ1) is 20.1. The zero-order chi connectivity index (χ0) is 21.6. The SMILES string of the molecule is CC(C)Cn1nc(NC(=O)C(C)(C)C)c2cc(-c3ccc4c(c3F)OCO4)cnc21. The molecule has 2 aromatic heterocycles. The third kappa shape index (κ3) is 3.58. The highest BCUT2D eigenvalue weighted by atomic mass is 19.1. The summed E-state index contributed by atoms with van der Waals surface area (Å²) in [5, 5.41) is 8.14. The number of carbonyl (C=O) groups is 1. The van der Waals surface area contributed by atoms with Gasteiger partial charge < -0.3 is 14.8 Å². The third-order valence-corrected chi connectivity index (χ3v) is 4.83. The summed E-state index contributed by atoms with van der Waals surface area (Å²) < 4.78 is 27.2. The first-order valence-electron chi connectivity index (χ1n) is 9.91. The fraction of sp³-hybridized carbons (Fsp3) is 0.409. The van der Waals surface area contributed by atoms with Crippen molar-refractivity contribution in [3.63, 3.8) is 0 Å². The van der Waals surface area contributed by atoms with E-state index in [1.165, 1.54) is 0 Å². The Balaban J connectivity index is 1.83. The van der Waals surface area contributed by atoms with Crippen LogP contribution >= 0.6 is 0 Å². The molecule has 0 bridgehead atoms. The van der Waals surface area contributed by atoms with Crippen molar-refractivity contribution in [3.8, 4) is 22.6 Å². The average Bonchev–Trinajstić information content (AvgIpc) is 3.26. The number of aromatic nitrogens is 3. The van der Waals surface area contributed by atoms with Gasteiger partial charge in [0.15, 0.2) is 23.0 Å². The quantitative estimate of drug-likeness (QED) is 0.677.